The molecule has 2 aliphatic carbocycles. The largest absolute Gasteiger partial charge is 0.426 e. The van der Waals surface area contributed by atoms with Gasteiger partial charge in [0.2, 0.25) is 0 Å². The van der Waals surface area contributed by atoms with Crippen molar-refractivity contribution in [2.24, 2.45) is 17.8 Å². The summed E-state index contributed by atoms with van der Waals surface area (Å²) in [5.41, 5.74) is 0. The monoisotopic (exact) mass is 334 g/mol. The van der Waals surface area contributed by atoms with Crippen molar-refractivity contribution in [3.63, 3.8) is 0 Å². The maximum atomic E-state index is 12.6. The molecule has 22 heavy (non-hydrogen) atoms. The molecule has 1 aromatic carbocycles. The third-order valence-electron chi connectivity index (χ3n) is 5.41. The third kappa shape index (κ3) is 2.58. The number of rotatable bonds is 2. The number of hydrogen-bond donors (Lipinski definition) is 0. The summed E-state index contributed by atoms with van der Waals surface area (Å²) in [6.45, 7) is 0. The van der Waals surface area contributed by atoms with Gasteiger partial charge in [-0.3, -0.25) is 4.79 Å². The molecule has 4 heteroatoms. The van der Waals surface area contributed by atoms with Crippen molar-refractivity contribution in [2.75, 3.05) is 11.5 Å². The number of carbonyl (C=O) groups is 1. The highest BCUT2D eigenvalue weighted by Gasteiger charge is 2.55. The van der Waals surface area contributed by atoms with Gasteiger partial charge in [0.25, 0.3) is 0 Å². The van der Waals surface area contributed by atoms with Gasteiger partial charge < -0.3 is 4.74 Å². The summed E-state index contributed by atoms with van der Waals surface area (Å²) in [5.74, 6) is 4.75. The predicted octanol–water partition coefficient (Wildman–Crippen LogP) is 4.59. The number of carbonyl (C=O) groups excluding carboxylic acids is 1. The van der Waals surface area contributed by atoms with Gasteiger partial charge >= 0.3 is 5.97 Å². The summed E-state index contributed by atoms with van der Waals surface area (Å²) in [4.78, 5) is 12.6. The second-order valence-corrected chi connectivity index (χ2v) is 9.65. The second-order valence-electron chi connectivity index (χ2n) is 6.65. The lowest BCUT2D eigenvalue weighted by Gasteiger charge is -2.51. The van der Waals surface area contributed by atoms with E-state index >= 15 is 0 Å². The molecule has 0 amide bonds. The molecule has 2 saturated carbocycles. The molecule has 0 unspecified atom stereocenters. The topological polar surface area (TPSA) is 26.3 Å². The molecule has 3 fully saturated rings. The normalized spacial score (nSPS) is 32.8. The maximum Gasteiger partial charge on any atom is 0.314 e. The van der Waals surface area contributed by atoms with Gasteiger partial charge in [0.05, 0.1) is 10.00 Å². The molecule has 4 rings (SSSR count). The summed E-state index contributed by atoms with van der Waals surface area (Å²) in [6, 6.07) is 9.51. The molecule has 2 atom stereocenters. The molecule has 1 heterocycles. The molecule has 1 saturated heterocycles. The van der Waals surface area contributed by atoms with E-state index in [-0.39, 0.29) is 11.9 Å². The Morgan fingerprint density at radius 3 is 2.32 bits per heavy atom. The molecule has 1 aliphatic heterocycles. The fraction of sp³-hybridized carbons (Fsp3) is 0.611. The molecular formula is C18H22O2S2. The molecule has 0 radical (unpaired) electrons. The summed E-state index contributed by atoms with van der Waals surface area (Å²) in [5, 5.41) is 0. The van der Waals surface area contributed by atoms with Crippen LogP contribution in [0.2, 0.25) is 0 Å². The van der Waals surface area contributed by atoms with E-state index in [1.807, 2.05) is 30.3 Å². The SMILES string of the molecule is O=C(Oc1ccccc1)C1C[C@H]2CCC[C@H](C1)C21SCCS1. The van der Waals surface area contributed by atoms with Gasteiger partial charge in [0.15, 0.2) is 0 Å². The van der Waals surface area contributed by atoms with Crippen LogP contribution in [-0.4, -0.2) is 21.6 Å². The van der Waals surface area contributed by atoms with Crippen molar-refractivity contribution in [3.8, 4) is 5.75 Å². The first-order valence-electron chi connectivity index (χ1n) is 8.32. The van der Waals surface area contributed by atoms with Crippen LogP contribution >= 0.6 is 23.5 Å². The molecule has 3 aliphatic rings. The molecule has 1 spiro atoms. The first-order chi connectivity index (χ1) is 10.8. The zero-order valence-electron chi connectivity index (χ0n) is 12.7. The Bertz CT molecular complexity index is 523. The van der Waals surface area contributed by atoms with E-state index in [2.05, 4.69) is 23.5 Å². The van der Waals surface area contributed by atoms with Gasteiger partial charge in [0, 0.05) is 11.5 Å². The number of ether oxygens (including phenoxy) is 1. The van der Waals surface area contributed by atoms with E-state index in [0.717, 1.165) is 12.8 Å². The van der Waals surface area contributed by atoms with Crippen LogP contribution in [0.3, 0.4) is 0 Å². The Kier molecular flexibility index (Phi) is 4.16. The number of esters is 1. The minimum atomic E-state index is -0.00838. The average molecular weight is 335 g/mol. The van der Waals surface area contributed by atoms with Crippen molar-refractivity contribution < 1.29 is 9.53 Å². The lowest BCUT2D eigenvalue weighted by Crippen LogP contribution is -2.48. The highest BCUT2D eigenvalue weighted by molar-refractivity contribution is 8.21. The third-order valence-corrected chi connectivity index (χ3v) is 9.43. The molecule has 0 N–H and O–H groups in total. The molecule has 2 bridgehead atoms. The van der Waals surface area contributed by atoms with E-state index in [1.54, 1.807) is 0 Å². The standard InChI is InChI=1S/C18H22O2S2/c19-17(20-16-7-2-1-3-8-16)13-11-14-5-4-6-15(12-13)18(14)21-9-10-22-18/h1-3,7-8,13-15H,4-6,9-12H2/t14-,15-/m1/s1. The van der Waals surface area contributed by atoms with Crippen molar-refractivity contribution >= 4 is 29.5 Å². The summed E-state index contributed by atoms with van der Waals surface area (Å²) in [6.07, 6.45) is 6.00. The second kappa shape index (κ2) is 6.12. The van der Waals surface area contributed by atoms with Gasteiger partial charge in [-0.05, 0) is 49.7 Å². The van der Waals surface area contributed by atoms with E-state index in [4.69, 9.17) is 4.74 Å². The van der Waals surface area contributed by atoms with Crippen LogP contribution in [0.1, 0.15) is 32.1 Å². The van der Waals surface area contributed by atoms with Gasteiger partial charge in [-0.1, -0.05) is 24.6 Å². The van der Waals surface area contributed by atoms with E-state index in [0.29, 0.717) is 21.7 Å². The number of benzene rings is 1. The van der Waals surface area contributed by atoms with Crippen LogP contribution in [0.4, 0.5) is 0 Å². The van der Waals surface area contributed by atoms with Crippen molar-refractivity contribution in [2.45, 2.75) is 36.2 Å². The van der Waals surface area contributed by atoms with Gasteiger partial charge in [-0.2, -0.15) is 0 Å². The van der Waals surface area contributed by atoms with Crippen LogP contribution in [0.5, 0.6) is 5.75 Å². The van der Waals surface area contributed by atoms with Crippen molar-refractivity contribution in [3.05, 3.63) is 30.3 Å². The lowest BCUT2D eigenvalue weighted by atomic mass is 9.67. The average Bonchev–Trinajstić information content (AvgIpc) is 2.97. The Morgan fingerprint density at radius 2 is 1.68 bits per heavy atom. The highest BCUT2D eigenvalue weighted by atomic mass is 32.2. The molecule has 118 valence electrons. The number of thioether (sulfide) groups is 2. The van der Waals surface area contributed by atoms with Crippen LogP contribution in [0, 0.1) is 17.8 Å². The summed E-state index contributed by atoms with van der Waals surface area (Å²) < 4.78 is 6.05. The fourth-order valence-electron chi connectivity index (χ4n) is 4.49. The van der Waals surface area contributed by atoms with Crippen molar-refractivity contribution in [1.82, 2.24) is 0 Å². The number of para-hydroxylation sites is 1. The molecule has 2 nitrogen and oxygen atoms in total. The smallest absolute Gasteiger partial charge is 0.314 e. The van der Waals surface area contributed by atoms with E-state index in [9.17, 15) is 4.79 Å². The van der Waals surface area contributed by atoms with Crippen molar-refractivity contribution in [1.29, 1.82) is 0 Å². The van der Waals surface area contributed by atoms with Gasteiger partial charge in [-0.25, -0.2) is 0 Å². The maximum absolute atomic E-state index is 12.6. The Balaban J connectivity index is 1.48. The Labute approximate surface area is 140 Å². The molecule has 0 aromatic heterocycles. The van der Waals surface area contributed by atoms with E-state index < -0.39 is 0 Å². The first-order valence-corrected chi connectivity index (χ1v) is 10.3. The van der Waals surface area contributed by atoms with Gasteiger partial charge in [0.1, 0.15) is 5.75 Å². The Hall–Kier alpha value is -0.610. The first kappa shape index (κ1) is 14.9. The van der Waals surface area contributed by atoms with Crippen LogP contribution in [0.15, 0.2) is 30.3 Å². The summed E-state index contributed by atoms with van der Waals surface area (Å²) in [7, 11) is 0. The summed E-state index contributed by atoms with van der Waals surface area (Å²) >= 11 is 4.37. The van der Waals surface area contributed by atoms with Crippen LogP contribution < -0.4 is 4.74 Å². The lowest BCUT2D eigenvalue weighted by molar-refractivity contribution is -0.141. The van der Waals surface area contributed by atoms with E-state index in [1.165, 1.54) is 30.8 Å². The zero-order chi connectivity index (χ0) is 15.0. The highest BCUT2D eigenvalue weighted by Crippen LogP contribution is 2.64. The van der Waals surface area contributed by atoms with Crippen LogP contribution in [-0.2, 0) is 4.79 Å². The zero-order valence-corrected chi connectivity index (χ0v) is 14.3. The fourth-order valence-corrected chi connectivity index (χ4v) is 8.43. The Morgan fingerprint density at radius 1 is 1.05 bits per heavy atom. The predicted molar refractivity (Wildman–Crippen MR) is 93.3 cm³/mol. The molecule has 1 aromatic rings. The quantitative estimate of drug-likeness (QED) is 0.583. The minimum absolute atomic E-state index is 0.00838. The number of hydrogen-bond acceptors (Lipinski definition) is 4. The van der Waals surface area contributed by atoms with Gasteiger partial charge in [-0.15, -0.1) is 23.5 Å². The minimum Gasteiger partial charge on any atom is -0.426 e. The molecular weight excluding hydrogens is 312 g/mol. The van der Waals surface area contributed by atoms with Crippen LogP contribution in [0.25, 0.3) is 0 Å².